The van der Waals surface area contributed by atoms with Crippen LogP contribution in [0.4, 0.5) is 11.6 Å². The highest BCUT2D eigenvalue weighted by Crippen LogP contribution is 2.33. The molecular formula is C30H31ClN8O4S. The quantitative estimate of drug-likeness (QED) is 0.286. The molecule has 1 fully saturated rings. The Kier molecular flexibility index (Phi) is 8.33. The number of carbonyl (C=O) groups excluding carboxylic acids is 1. The standard InChI is InChI=1S/C30H31ClN8O4S/c1-16-10-22(18(3)34-24-6-7-25(31)35-27(24)28(40)37-44(5,42)43)26-23(11-16)29(41)38(4)30(36-26)39-9-8-19(15-39)21-12-20(13-32)17(2)33-14-21/h6-7,10-12,14,18-19,34H,8-9,15H2,1-5H3,(H,37,40)/t18-,19-/m1/s1. The Morgan fingerprint density at radius 2 is 1.95 bits per heavy atom. The topological polar surface area (TPSA) is 163 Å². The highest BCUT2D eigenvalue weighted by Gasteiger charge is 2.29. The smallest absolute Gasteiger partial charge is 0.285 e. The third kappa shape index (κ3) is 6.22. The van der Waals surface area contributed by atoms with Crippen molar-refractivity contribution in [3.8, 4) is 6.07 Å². The zero-order chi connectivity index (χ0) is 31.9. The number of nitriles is 1. The second kappa shape index (κ2) is 11.9. The fourth-order valence-electron chi connectivity index (χ4n) is 5.51. The summed E-state index contributed by atoms with van der Waals surface area (Å²) in [6, 6.07) is 10.4. The van der Waals surface area contributed by atoms with E-state index in [0.29, 0.717) is 46.8 Å². The number of rotatable bonds is 7. The number of pyridine rings is 2. The average Bonchev–Trinajstić information content (AvgIpc) is 3.45. The molecule has 2 N–H and O–H groups in total. The van der Waals surface area contributed by atoms with Crippen LogP contribution in [0.2, 0.25) is 5.15 Å². The lowest BCUT2D eigenvalue weighted by atomic mass is 9.98. The Bertz CT molecular complexity index is 2020. The molecule has 12 nitrogen and oxygen atoms in total. The van der Waals surface area contributed by atoms with Crippen LogP contribution in [0.3, 0.4) is 0 Å². The van der Waals surface area contributed by atoms with Crippen LogP contribution in [0.1, 0.15) is 63.7 Å². The second-order valence-corrected chi connectivity index (χ2v) is 13.2. The zero-order valence-corrected chi connectivity index (χ0v) is 26.4. The number of anilines is 2. The molecule has 4 heterocycles. The molecule has 4 aromatic rings. The summed E-state index contributed by atoms with van der Waals surface area (Å²) in [5, 5.41) is 13.2. The van der Waals surface area contributed by atoms with E-state index >= 15 is 0 Å². The molecule has 0 unspecified atom stereocenters. The third-order valence-corrected chi connectivity index (χ3v) is 8.46. The van der Waals surface area contributed by atoms with Crippen LogP contribution in [0.5, 0.6) is 0 Å². The molecule has 1 saturated heterocycles. The number of fused-ring (bicyclic) bond motifs is 1. The van der Waals surface area contributed by atoms with Gasteiger partial charge in [0.2, 0.25) is 16.0 Å². The van der Waals surface area contributed by atoms with Crippen LogP contribution in [-0.2, 0) is 17.1 Å². The van der Waals surface area contributed by atoms with Crippen molar-refractivity contribution in [1.82, 2.24) is 24.2 Å². The SMILES string of the molecule is Cc1cc([C@@H](C)Nc2ccc(Cl)nc2C(=O)NS(C)(=O)=O)c2nc(N3CC[C@@H](c4cnc(C)c(C#N)c4)C3)n(C)c(=O)c2c1. The highest BCUT2D eigenvalue weighted by atomic mass is 35.5. The van der Waals surface area contributed by atoms with Crippen LogP contribution in [0.25, 0.3) is 10.9 Å². The van der Waals surface area contributed by atoms with E-state index in [2.05, 4.69) is 26.3 Å². The first kappa shape index (κ1) is 30.9. The Morgan fingerprint density at radius 3 is 2.66 bits per heavy atom. The predicted octanol–water partition coefficient (Wildman–Crippen LogP) is 3.72. The lowest BCUT2D eigenvalue weighted by Gasteiger charge is -2.23. The molecule has 2 atom stereocenters. The molecule has 0 spiro atoms. The number of halogens is 1. The van der Waals surface area contributed by atoms with Gasteiger partial charge < -0.3 is 10.2 Å². The molecule has 228 valence electrons. The molecule has 0 bridgehead atoms. The van der Waals surface area contributed by atoms with E-state index in [-0.39, 0.29) is 28.0 Å². The van der Waals surface area contributed by atoms with Gasteiger partial charge in [-0.2, -0.15) is 5.26 Å². The normalized spacial score (nSPS) is 15.7. The summed E-state index contributed by atoms with van der Waals surface area (Å²) in [5.41, 5.74) is 4.14. The van der Waals surface area contributed by atoms with E-state index in [1.807, 2.05) is 43.8 Å². The molecule has 0 radical (unpaired) electrons. The molecule has 44 heavy (non-hydrogen) atoms. The number of hydrogen-bond acceptors (Lipinski definition) is 10. The van der Waals surface area contributed by atoms with Gasteiger partial charge in [-0.05, 0) is 62.6 Å². The lowest BCUT2D eigenvalue weighted by molar-refractivity contribution is 0.0977. The molecule has 1 aliphatic rings. The summed E-state index contributed by atoms with van der Waals surface area (Å²) >= 11 is 6.03. The van der Waals surface area contributed by atoms with Crippen molar-refractivity contribution in [3.63, 3.8) is 0 Å². The fraction of sp³-hybridized carbons (Fsp3) is 0.333. The van der Waals surface area contributed by atoms with E-state index in [1.54, 1.807) is 23.7 Å². The Balaban J connectivity index is 1.52. The highest BCUT2D eigenvalue weighted by molar-refractivity contribution is 7.89. The monoisotopic (exact) mass is 634 g/mol. The van der Waals surface area contributed by atoms with Gasteiger partial charge in [0.05, 0.1) is 40.1 Å². The minimum atomic E-state index is -3.85. The Morgan fingerprint density at radius 1 is 1.20 bits per heavy atom. The van der Waals surface area contributed by atoms with Crippen molar-refractivity contribution in [2.24, 2.45) is 7.05 Å². The third-order valence-electron chi connectivity index (χ3n) is 7.69. The zero-order valence-electron chi connectivity index (χ0n) is 24.8. The van der Waals surface area contributed by atoms with Gasteiger partial charge in [-0.25, -0.2) is 23.1 Å². The van der Waals surface area contributed by atoms with Crippen molar-refractivity contribution in [3.05, 3.63) is 85.7 Å². The van der Waals surface area contributed by atoms with Crippen molar-refractivity contribution in [2.45, 2.75) is 39.2 Å². The minimum absolute atomic E-state index is 0.0202. The summed E-state index contributed by atoms with van der Waals surface area (Å²) in [6.45, 7) is 6.81. The van der Waals surface area contributed by atoms with Gasteiger partial charge in [-0.1, -0.05) is 17.7 Å². The average molecular weight is 635 g/mol. The van der Waals surface area contributed by atoms with Crippen LogP contribution in [0.15, 0.2) is 41.3 Å². The number of nitrogens with one attached hydrogen (secondary N) is 2. The molecule has 0 saturated carbocycles. The predicted molar refractivity (Wildman–Crippen MR) is 169 cm³/mol. The van der Waals surface area contributed by atoms with Gasteiger partial charge in [0.15, 0.2) is 5.69 Å². The number of nitrogens with zero attached hydrogens (tertiary/aromatic N) is 6. The number of hydrogen-bond donors (Lipinski definition) is 2. The summed E-state index contributed by atoms with van der Waals surface area (Å²) in [6.07, 6.45) is 3.49. The van der Waals surface area contributed by atoms with E-state index in [4.69, 9.17) is 16.6 Å². The first-order valence-corrected chi connectivity index (χ1v) is 16.1. The van der Waals surface area contributed by atoms with Gasteiger partial charge >= 0.3 is 0 Å². The first-order chi connectivity index (χ1) is 20.8. The summed E-state index contributed by atoms with van der Waals surface area (Å²) in [5.74, 6) is -0.290. The molecule has 14 heteroatoms. The van der Waals surface area contributed by atoms with Gasteiger partial charge in [-0.15, -0.1) is 0 Å². The maximum Gasteiger partial charge on any atom is 0.285 e. The fourth-order valence-corrected chi connectivity index (χ4v) is 6.09. The van der Waals surface area contributed by atoms with Gasteiger partial charge in [0.1, 0.15) is 11.2 Å². The maximum atomic E-state index is 13.7. The van der Waals surface area contributed by atoms with Crippen molar-refractivity contribution in [2.75, 3.05) is 29.6 Å². The van der Waals surface area contributed by atoms with Gasteiger partial charge in [0.25, 0.3) is 11.5 Å². The van der Waals surface area contributed by atoms with Crippen molar-refractivity contribution in [1.29, 1.82) is 5.26 Å². The molecule has 5 rings (SSSR count). The molecule has 1 aliphatic heterocycles. The number of carbonyl (C=O) groups is 1. The van der Waals surface area contributed by atoms with E-state index in [1.165, 1.54) is 6.07 Å². The number of sulfonamides is 1. The summed E-state index contributed by atoms with van der Waals surface area (Å²) in [4.78, 5) is 41.9. The number of benzene rings is 1. The van der Waals surface area contributed by atoms with E-state index in [9.17, 15) is 23.3 Å². The number of amides is 1. The van der Waals surface area contributed by atoms with Crippen LogP contribution in [-0.4, -0.2) is 53.2 Å². The second-order valence-electron chi connectivity index (χ2n) is 11.1. The largest absolute Gasteiger partial charge is 0.377 e. The van der Waals surface area contributed by atoms with Crippen molar-refractivity contribution < 1.29 is 13.2 Å². The van der Waals surface area contributed by atoms with Gasteiger partial charge in [0, 0.05) is 37.8 Å². The Labute approximate surface area is 259 Å². The lowest BCUT2D eigenvalue weighted by Crippen LogP contribution is -2.31. The molecular weight excluding hydrogens is 604 g/mol. The number of aryl methyl sites for hydroxylation is 2. The number of aromatic nitrogens is 4. The van der Waals surface area contributed by atoms with Crippen LogP contribution >= 0.6 is 11.6 Å². The van der Waals surface area contributed by atoms with Crippen LogP contribution < -0.4 is 20.5 Å². The maximum absolute atomic E-state index is 13.7. The first-order valence-electron chi connectivity index (χ1n) is 13.8. The molecule has 3 aromatic heterocycles. The molecule has 1 aromatic carbocycles. The van der Waals surface area contributed by atoms with Crippen molar-refractivity contribution >= 4 is 50.1 Å². The van der Waals surface area contributed by atoms with E-state index < -0.39 is 22.0 Å². The molecule has 0 aliphatic carbocycles. The van der Waals surface area contributed by atoms with E-state index in [0.717, 1.165) is 23.8 Å². The minimum Gasteiger partial charge on any atom is -0.377 e. The summed E-state index contributed by atoms with van der Waals surface area (Å²) in [7, 11) is -2.14. The van der Waals surface area contributed by atoms with Crippen LogP contribution in [0, 0.1) is 25.2 Å². The van der Waals surface area contributed by atoms with Gasteiger partial charge in [-0.3, -0.25) is 19.1 Å². The Hall–Kier alpha value is -4.54. The molecule has 1 amide bonds. The summed E-state index contributed by atoms with van der Waals surface area (Å²) < 4.78 is 26.9.